The summed E-state index contributed by atoms with van der Waals surface area (Å²) in [6, 6.07) is 6.03. The molecular weight excluding hydrogens is 278 g/mol. The molecule has 1 aromatic carbocycles. The van der Waals surface area contributed by atoms with Gasteiger partial charge in [0.05, 0.1) is 0 Å². The number of hydrogen-bond acceptors (Lipinski definition) is 3. The quantitative estimate of drug-likeness (QED) is 0.872. The highest BCUT2D eigenvalue weighted by molar-refractivity contribution is 5.92. The van der Waals surface area contributed by atoms with E-state index in [2.05, 4.69) is 12.2 Å². The van der Waals surface area contributed by atoms with Gasteiger partial charge in [0.15, 0.2) is 11.5 Å². The van der Waals surface area contributed by atoms with Crippen molar-refractivity contribution in [2.45, 2.75) is 38.6 Å². The molecule has 4 heteroatoms. The summed E-state index contributed by atoms with van der Waals surface area (Å²) in [5, 5.41) is 3.12. The number of amides is 1. The van der Waals surface area contributed by atoms with Crippen molar-refractivity contribution >= 4 is 12.0 Å². The van der Waals surface area contributed by atoms with Gasteiger partial charge < -0.3 is 14.8 Å². The van der Waals surface area contributed by atoms with Gasteiger partial charge in [0.25, 0.3) is 0 Å². The van der Waals surface area contributed by atoms with E-state index >= 15 is 0 Å². The molecule has 0 aromatic heterocycles. The van der Waals surface area contributed by atoms with Gasteiger partial charge in [-0.15, -0.1) is 0 Å². The lowest BCUT2D eigenvalue weighted by Gasteiger charge is -2.29. The number of carbonyl (C=O) groups is 1. The molecule has 4 nitrogen and oxygen atoms in total. The Morgan fingerprint density at radius 2 is 1.95 bits per heavy atom. The van der Waals surface area contributed by atoms with Crippen molar-refractivity contribution in [2.75, 3.05) is 13.2 Å². The van der Waals surface area contributed by atoms with Crippen molar-refractivity contribution in [2.24, 2.45) is 5.92 Å². The van der Waals surface area contributed by atoms with Crippen molar-refractivity contribution in [3.8, 4) is 11.5 Å². The second-order valence-corrected chi connectivity index (χ2v) is 6.11. The topological polar surface area (TPSA) is 47.6 Å². The van der Waals surface area contributed by atoms with Crippen LogP contribution in [0.2, 0.25) is 0 Å². The first-order valence-electron chi connectivity index (χ1n) is 8.10. The number of rotatable bonds is 3. The summed E-state index contributed by atoms with van der Waals surface area (Å²) in [5.74, 6) is 2.06. The highest BCUT2D eigenvalue weighted by atomic mass is 16.6. The number of ether oxygens (including phenoxy) is 2. The van der Waals surface area contributed by atoms with Crippen LogP contribution in [-0.2, 0) is 4.79 Å². The molecule has 22 heavy (non-hydrogen) atoms. The Morgan fingerprint density at radius 3 is 2.77 bits per heavy atom. The van der Waals surface area contributed by atoms with Crippen LogP contribution in [0, 0.1) is 5.92 Å². The SMILES string of the molecule is C[C@@H]1CCCC[C@H]1NC(=O)/C=C/c1ccc2c(c1)OCCO2. The molecule has 0 saturated heterocycles. The molecule has 2 atom stereocenters. The average Bonchev–Trinajstić information content (AvgIpc) is 2.55. The van der Waals surface area contributed by atoms with E-state index in [0.717, 1.165) is 23.5 Å². The van der Waals surface area contributed by atoms with Gasteiger partial charge in [-0.1, -0.05) is 25.8 Å². The van der Waals surface area contributed by atoms with Gasteiger partial charge in [-0.05, 0) is 42.5 Å². The molecule has 0 spiro atoms. The van der Waals surface area contributed by atoms with Crippen LogP contribution in [0.4, 0.5) is 0 Å². The molecule has 1 amide bonds. The first-order chi connectivity index (χ1) is 10.7. The largest absolute Gasteiger partial charge is 0.486 e. The number of hydrogen-bond donors (Lipinski definition) is 1. The number of nitrogens with one attached hydrogen (secondary N) is 1. The Hall–Kier alpha value is -1.97. The lowest BCUT2D eigenvalue weighted by atomic mass is 9.86. The number of benzene rings is 1. The third kappa shape index (κ3) is 3.62. The van der Waals surface area contributed by atoms with Gasteiger partial charge >= 0.3 is 0 Å². The Labute approximate surface area is 131 Å². The fourth-order valence-corrected chi connectivity index (χ4v) is 3.10. The minimum absolute atomic E-state index is 0.0198. The predicted octanol–water partition coefficient (Wildman–Crippen LogP) is 3.17. The molecule has 1 heterocycles. The molecule has 0 radical (unpaired) electrons. The smallest absolute Gasteiger partial charge is 0.244 e. The van der Waals surface area contributed by atoms with Crippen LogP contribution in [0.5, 0.6) is 11.5 Å². The van der Waals surface area contributed by atoms with Crippen LogP contribution in [0.1, 0.15) is 38.2 Å². The third-order valence-electron chi connectivity index (χ3n) is 4.43. The van der Waals surface area contributed by atoms with Gasteiger partial charge in [0, 0.05) is 12.1 Å². The molecule has 118 valence electrons. The first kappa shape index (κ1) is 14.9. The Balaban J connectivity index is 1.59. The molecule has 1 saturated carbocycles. The molecule has 1 fully saturated rings. The van der Waals surface area contributed by atoms with E-state index in [9.17, 15) is 4.79 Å². The van der Waals surface area contributed by atoms with Crippen molar-refractivity contribution < 1.29 is 14.3 Å². The highest BCUT2D eigenvalue weighted by Gasteiger charge is 2.21. The van der Waals surface area contributed by atoms with E-state index in [0.29, 0.717) is 25.2 Å². The summed E-state index contributed by atoms with van der Waals surface area (Å²) in [7, 11) is 0. The lowest BCUT2D eigenvalue weighted by molar-refractivity contribution is -0.117. The Bertz CT molecular complexity index is 567. The van der Waals surface area contributed by atoms with Crippen LogP contribution in [0.15, 0.2) is 24.3 Å². The molecule has 2 aliphatic rings. The maximum Gasteiger partial charge on any atom is 0.244 e. The van der Waals surface area contributed by atoms with Gasteiger partial charge in [-0.2, -0.15) is 0 Å². The molecule has 1 aliphatic carbocycles. The molecule has 3 rings (SSSR count). The average molecular weight is 301 g/mol. The molecule has 0 bridgehead atoms. The van der Waals surface area contributed by atoms with Gasteiger partial charge in [-0.25, -0.2) is 0 Å². The predicted molar refractivity (Wildman–Crippen MR) is 86.0 cm³/mol. The van der Waals surface area contributed by atoms with Crippen LogP contribution in [-0.4, -0.2) is 25.2 Å². The van der Waals surface area contributed by atoms with Crippen molar-refractivity contribution in [1.82, 2.24) is 5.32 Å². The summed E-state index contributed by atoms with van der Waals surface area (Å²) in [6.45, 7) is 3.37. The summed E-state index contributed by atoms with van der Waals surface area (Å²) in [4.78, 5) is 12.1. The summed E-state index contributed by atoms with van der Waals surface area (Å²) < 4.78 is 11.0. The molecular formula is C18H23NO3. The fraction of sp³-hybridized carbons (Fsp3) is 0.500. The third-order valence-corrected chi connectivity index (χ3v) is 4.43. The zero-order valence-corrected chi connectivity index (χ0v) is 13.0. The maximum absolute atomic E-state index is 12.1. The minimum Gasteiger partial charge on any atom is -0.486 e. The minimum atomic E-state index is -0.0198. The molecule has 1 aliphatic heterocycles. The summed E-state index contributed by atoms with van der Waals surface area (Å²) in [5.41, 5.74) is 0.941. The van der Waals surface area contributed by atoms with Crippen molar-refractivity contribution in [1.29, 1.82) is 0 Å². The van der Waals surface area contributed by atoms with E-state index in [-0.39, 0.29) is 5.91 Å². The fourth-order valence-electron chi connectivity index (χ4n) is 3.10. The van der Waals surface area contributed by atoms with Crippen LogP contribution in [0.25, 0.3) is 6.08 Å². The molecule has 1 N–H and O–H groups in total. The van der Waals surface area contributed by atoms with Gasteiger partial charge in [-0.3, -0.25) is 4.79 Å². The van der Waals surface area contributed by atoms with E-state index in [4.69, 9.17) is 9.47 Å². The van der Waals surface area contributed by atoms with Gasteiger partial charge in [0.1, 0.15) is 13.2 Å². The van der Waals surface area contributed by atoms with Crippen LogP contribution < -0.4 is 14.8 Å². The Morgan fingerprint density at radius 1 is 1.18 bits per heavy atom. The monoisotopic (exact) mass is 301 g/mol. The maximum atomic E-state index is 12.1. The lowest BCUT2D eigenvalue weighted by Crippen LogP contribution is -2.40. The van der Waals surface area contributed by atoms with E-state index in [1.165, 1.54) is 19.3 Å². The van der Waals surface area contributed by atoms with E-state index < -0.39 is 0 Å². The summed E-state index contributed by atoms with van der Waals surface area (Å²) in [6.07, 6.45) is 8.21. The number of fused-ring (bicyclic) bond motifs is 1. The first-order valence-corrected chi connectivity index (χ1v) is 8.10. The highest BCUT2D eigenvalue weighted by Crippen LogP contribution is 2.31. The van der Waals surface area contributed by atoms with Crippen molar-refractivity contribution in [3.05, 3.63) is 29.8 Å². The van der Waals surface area contributed by atoms with Crippen molar-refractivity contribution in [3.63, 3.8) is 0 Å². The zero-order chi connectivity index (χ0) is 15.4. The molecule has 1 aromatic rings. The second-order valence-electron chi connectivity index (χ2n) is 6.11. The molecule has 0 unspecified atom stereocenters. The standard InChI is InChI=1S/C18H23NO3/c1-13-4-2-3-5-15(13)19-18(20)9-7-14-6-8-16-17(12-14)22-11-10-21-16/h6-9,12-13,15H,2-5,10-11H2,1H3,(H,19,20)/b9-7+/t13-,15-/m1/s1. The van der Waals surface area contributed by atoms with Gasteiger partial charge in [0.2, 0.25) is 5.91 Å². The normalized spacial score (nSPS) is 24.2. The van der Waals surface area contributed by atoms with Crippen LogP contribution in [0.3, 0.4) is 0 Å². The number of carbonyl (C=O) groups excluding carboxylic acids is 1. The zero-order valence-electron chi connectivity index (χ0n) is 13.0. The van der Waals surface area contributed by atoms with Crippen LogP contribution >= 0.6 is 0 Å². The van der Waals surface area contributed by atoms with E-state index in [1.807, 2.05) is 24.3 Å². The second kappa shape index (κ2) is 6.86. The van der Waals surface area contributed by atoms with E-state index in [1.54, 1.807) is 6.08 Å². The Kier molecular flexibility index (Phi) is 4.66. The summed E-state index contributed by atoms with van der Waals surface area (Å²) >= 11 is 0.